The molecule has 0 aromatic heterocycles. The first-order valence-electron chi connectivity index (χ1n) is 7.09. The first-order valence-corrected chi connectivity index (χ1v) is 7.09. The first kappa shape index (κ1) is 17.3. The minimum absolute atomic E-state index is 0.0203. The van der Waals surface area contributed by atoms with Crippen LogP contribution in [0.4, 0.5) is 4.39 Å². The summed E-state index contributed by atoms with van der Waals surface area (Å²) in [4.78, 5) is 23.8. The molecule has 2 aromatic rings. The van der Waals surface area contributed by atoms with Crippen molar-refractivity contribution < 1.29 is 23.5 Å². The normalized spacial score (nSPS) is 9.96. The Balaban J connectivity index is 1.92. The quantitative estimate of drug-likeness (QED) is 0.819. The number of hydrogen-bond acceptors (Lipinski definition) is 4. The second-order valence-corrected chi connectivity index (χ2v) is 4.88. The lowest BCUT2D eigenvalue weighted by Crippen LogP contribution is -2.42. The van der Waals surface area contributed by atoms with Gasteiger partial charge in [0.2, 0.25) is 5.91 Å². The van der Waals surface area contributed by atoms with Gasteiger partial charge in [0.05, 0.1) is 20.6 Å². The smallest absolute Gasteiger partial charge is 0.269 e. The number of amides is 2. The maximum atomic E-state index is 12.8. The highest BCUT2D eigenvalue weighted by atomic mass is 19.1. The van der Waals surface area contributed by atoms with Gasteiger partial charge in [-0.2, -0.15) is 0 Å². The average Bonchev–Trinajstić information content (AvgIpc) is 2.61. The predicted molar refractivity (Wildman–Crippen MR) is 85.3 cm³/mol. The van der Waals surface area contributed by atoms with Crippen molar-refractivity contribution in [2.24, 2.45) is 0 Å². The van der Waals surface area contributed by atoms with Gasteiger partial charge < -0.3 is 9.47 Å². The van der Waals surface area contributed by atoms with Gasteiger partial charge in [0.25, 0.3) is 5.91 Å². The van der Waals surface area contributed by atoms with Crippen molar-refractivity contribution in [3.8, 4) is 11.5 Å². The van der Waals surface area contributed by atoms with Gasteiger partial charge in [-0.05, 0) is 35.9 Å². The van der Waals surface area contributed by atoms with E-state index in [2.05, 4.69) is 10.9 Å². The summed E-state index contributed by atoms with van der Waals surface area (Å²) in [6.45, 7) is 0. The molecule has 6 nitrogen and oxygen atoms in total. The van der Waals surface area contributed by atoms with Crippen LogP contribution in [0.3, 0.4) is 0 Å². The molecule has 0 atom stereocenters. The van der Waals surface area contributed by atoms with E-state index >= 15 is 0 Å². The molecule has 0 fully saturated rings. The Morgan fingerprint density at radius 2 is 1.62 bits per heavy atom. The Labute approximate surface area is 138 Å². The molecule has 0 aliphatic heterocycles. The minimum Gasteiger partial charge on any atom is -0.493 e. The number of rotatable bonds is 5. The van der Waals surface area contributed by atoms with Gasteiger partial charge in [0.1, 0.15) is 5.82 Å². The van der Waals surface area contributed by atoms with E-state index in [-0.39, 0.29) is 12.2 Å². The summed E-state index contributed by atoms with van der Waals surface area (Å²) in [5.41, 5.74) is 5.55. The van der Waals surface area contributed by atoms with Crippen molar-refractivity contribution in [3.05, 3.63) is 59.4 Å². The van der Waals surface area contributed by atoms with E-state index < -0.39 is 11.8 Å². The second-order valence-electron chi connectivity index (χ2n) is 4.88. The van der Waals surface area contributed by atoms with Crippen LogP contribution in [0.2, 0.25) is 0 Å². The zero-order valence-corrected chi connectivity index (χ0v) is 13.3. The molecule has 0 saturated carbocycles. The number of hydrogen-bond donors (Lipinski definition) is 2. The molecule has 2 N–H and O–H groups in total. The Morgan fingerprint density at radius 3 is 2.25 bits per heavy atom. The van der Waals surface area contributed by atoms with Gasteiger partial charge in [-0.25, -0.2) is 4.39 Å². The molecule has 2 aromatic carbocycles. The number of methoxy groups -OCH3 is 2. The van der Waals surface area contributed by atoms with Gasteiger partial charge in [0, 0.05) is 5.56 Å². The van der Waals surface area contributed by atoms with Crippen LogP contribution in [-0.4, -0.2) is 26.0 Å². The van der Waals surface area contributed by atoms with Crippen molar-refractivity contribution in [3.63, 3.8) is 0 Å². The standard InChI is InChI=1S/C17H17FN2O4/c1-23-14-8-5-12(10-15(14)24-2)17(22)20-19-16(21)9-11-3-6-13(18)7-4-11/h3-8,10H,9H2,1-2H3,(H,19,21)(H,20,22). The van der Waals surface area contributed by atoms with Crippen molar-refractivity contribution in [1.82, 2.24) is 10.9 Å². The van der Waals surface area contributed by atoms with Gasteiger partial charge in [0.15, 0.2) is 11.5 Å². The summed E-state index contributed by atoms with van der Waals surface area (Å²) >= 11 is 0. The number of ether oxygens (including phenoxy) is 2. The molecule has 0 aliphatic carbocycles. The Bertz CT molecular complexity index is 732. The topological polar surface area (TPSA) is 76.7 Å². The number of benzene rings is 2. The molecule has 0 bridgehead atoms. The molecule has 0 spiro atoms. The van der Waals surface area contributed by atoms with Crippen LogP contribution in [0.15, 0.2) is 42.5 Å². The number of carbonyl (C=O) groups is 2. The Morgan fingerprint density at radius 1 is 0.958 bits per heavy atom. The van der Waals surface area contributed by atoms with Crippen LogP contribution in [0, 0.1) is 5.82 Å². The summed E-state index contributed by atoms with van der Waals surface area (Å²) in [6, 6.07) is 10.2. The molecule has 0 radical (unpaired) electrons. The number of halogens is 1. The summed E-state index contributed by atoms with van der Waals surface area (Å²) in [6.07, 6.45) is 0.0203. The summed E-state index contributed by atoms with van der Waals surface area (Å²) < 4.78 is 23.0. The van der Waals surface area contributed by atoms with Crippen LogP contribution in [0.25, 0.3) is 0 Å². The van der Waals surface area contributed by atoms with Crippen LogP contribution in [0.5, 0.6) is 11.5 Å². The van der Waals surface area contributed by atoms with Gasteiger partial charge in [-0.15, -0.1) is 0 Å². The molecule has 24 heavy (non-hydrogen) atoms. The SMILES string of the molecule is COc1ccc(C(=O)NNC(=O)Cc2ccc(F)cc2)cc1OC. The third-order valence-corrected chi connectivity index (χ3v) is 3.24. The number of nitrogens with one attached hydrogen (secondary N) is 2. The van der Waals surface area contributed by atoms with E-state index in [0.717, 1.165) is 0 Å². The highest BCUT2D eigenvalue weighted by Crippen LogP contribution is 2.27. The maximum absolute atomic E-state index is 12.8. The van der Waals surface area contributed by atoms with Crippen molar-refractivity contribution in [2.45, 2.75) is 6.42 Å². The van der Waals surface area contributed by atoms with Gasteiger partial charge >= 0.3 is 0 Å². The minimum atomic E-state index is -0.497. The zero-order chi connectivity index (χ0) is 17.5. The van der Waals surface area contributed by atoms with Crippen molar-refractivity contribution in [2.75, 3.05) is 14.2 Å². The maximum Gasteiger partial charge on any atom is 0.269 e. The fourth-order valence-electron chi connectivity index (χ4n) is 2.01. The largest absolute Gasteiger partial charge is 0.493 e. The summed E-state index contributed by atoms with van der Waals surface area (Å²) in [5, 5.41) is 0. The van der Waals surface area contributed by atoms with E-state index in [1.165, 1.54) is 44.6 Å². The van der Waals surface area contributed by atoms with E-state index in [1.54, 1.807) is 12.1 Å². The third kappa shape index (κ3) is 4.45. The van der Waals surface area contributed by atoms with Crippen LogP contribution < -0.4 is 20.3 Å². The third-order valence-electron chi connectivity index (χ3n) is 3.24. The second kappa shape index (κ2) is 7.96. The predicted octanol–water partition coefficient (Wildman–Crippen LogP) is 1.85. The fraction of sp³-hybridized carbons (Fsp3) is 0.176. The molecule has 2 amide bonds. The Hall–Kier alpha value is -3.09. The molecule has 7 heteroatoms. The highest BCUT2D eigenvalue weighted by molar-refractivity contribution is 5.96. The van der Waals surface area contributed by atoms with Gasteiger partial charge in [-0.3, -0.25) is 20.4 Å². The zero-order valence-electron chi connectivity index (χ0n) is 13.3. The van der Waals surface area contributed by atoms with E-state index in [9.17, 15) is 14.0 Å². The Kier molecular flexibility index (Phi) is 5.73. The fourth-order valence-corrected chi connectivity index (χ4v) is 2.01. The molecule has 126 valence electrons. The van der Waals surface area contributed by atoms with Crippen molar-refractivity contribution >= 4 is 11.8 Å². The lowest BCUT2D eigenvalue weighted by molar-refractivity contribution is -0.121. The number of carbonyl (C=O) groups excluding carboxylic acids is 2. The summed E-state index contributed by atoms with van der Waals surface area (Å²) in [7, 11) is 2.96. The van der Waals surface area contributed by atoms with E-state index in [1.807, 2.05) is 0 Å². The van der Waals surface area contributed by atoms with Crippen molar-refractivity contribution in [1.29, 1.82) is 0 Å². The molecule has 0 aliphatic rings. The van der Waals surface area contributed by atoms with Crippen LogP contribution in [-0.2, 0) is 11.2 Å². The lowest BCUT2D eigenvalue weighted by atomic mass is 10.1. The molecule has 0 saturated heterocycles. The molecule has 2 rings (SSSR count). The first-order chi connectivity index (χ1) is 11.5. The highest BCUT2D eigenvalue weighted by Gasteiger charge is 2.11. The molecular weight excluding hydrogens is 315 g/mol. The average molecular weight is 332 g/mol. The molecular formula is C17H17FN2O4. The molecule has 0 heterocycles. The monoisotopic (exact) mass is 332 g/mol. The lowest BCUT2D eigenvalue weighted by Gasteiger charge is -2.10. The van der Waals surface area contributed by atoms with Crippen LogP contribution in [0.1, 0.15) is 15.9 Å². The van der Waals surface area contributed by atoms with Gasteiger partial charge in [-0.1, -0.05) is 12.1 Å². The summed E-state index contributed by atoms with van der Waals surface area (Å²) in [5.74, 6) is -0.392. The number of hydrazine groups is 1. The van der Waals surface area contributed by atoms with E-state index in [0.29, 0.717) is 22.6 Å². The van der Waals surface area contributed by atoms with E-state index in [4.69, 9.17) is 9.47 Å². The van der Waals surface area contributed by atoms with Crippen LogP contribution >= 0.6 is 0 Å². The molecule has 0 unspecified atom stereocenters.